The zero-order valence-corrected chi connectivity index (χ0v) is 18.7. The molecule has 3 N–H and O–H groups in total. The summed E-state index contributed by atoms with van der Waals surface area (Å²) in [6.45, 7) is 0.516. The first-order valence-corrected chi connectivity index (χ1v) is 10.8. The van der Waals surface area contributed by atoms with Gasteiger partial charge in [0.15, 0.2) is 23.2 Å². The molecule has 0 spiro atoms. The van der Waals surface area contributed by atoms with E-state index in [1.54, 1.807) is 6.07 Å². The third-order valence-corrected chi connectivity index (χ3v) is 5.84. The van der Waals surface area contributed by atoms with Crippen molar-refractivity contribution < 1.29 is 19.5 Å². The minimum atomic E-state index is -1.24. The zero-order chi connectivity index (χ0) is 21.5. The lowest BCUT2D eigenvalue weighted by Gasteiger charge is -2.16. The second-order valence-electron chi connectivity index (χ2n) is 7.00. The first kappa shape index (κ1) is 20.6. The summed E-state index contributed by atoms with van der Waals surface area (Å²) in [4.78, 5) is 12.9. The van der Waals surface area contributed by atoms with Gasteiger partial charge in [-0.15, -0.1) is 0 Å². The summed E-state index contributed by atoms with van der Waals surface area (Å²) in [7, 11) is 0. The number of benzene rings is 1. The van der Waals surface area contributed by atoms with E-state index in [1.807, 2.05) is 18.2 Å². The minimum Gasteiger partial charge on any atom is -0.387 e. The summed E-state index contributed by atoms with van der Waals surface area (Å²) in [5.74, 6) is 0.452. The van der Waals surface area contributed by atoms with Crippen LogP contribution in [0.1, 0.15) is 23.6 Å². The van der Waals surface area contributed by atoms with E-state index in [0.29, 0.717) is 29.2 Å². The molecule has 12 heteroatoms. The van der Waals surface area contributed by atoms with Crippen molar-refractivity contribution in [2.75, 3.05) is 5.32 Å². The van der Waals surface area contributed by atoms with Crippen molar-refractivity contribution in [2.45, 2.75) is 31.1 Å². The number of hydrogen-bond acceptors (Lipinski definition) is 9. The molecule has 1 aromatic carbocycles. The Balaban J connectivity index is 1.46. The van der Waals surface area contributed by atoms with Crippen molar-refractivity contribution in [1.82, 2.24) is 24.7 Å². The fourth-order valence-electron chi connectivity index (χ4n) is 3.53. The van der Waals surface area contributed by atoms with E-state index in [4.69, 9.17) is 20.9 Å². The first-order chi connectivity index (χ1) is 15.0. The van der Waals surface area contributed by atoms with Crippen molar-refractivity contribution in [3.63, 3.8) is 0 Å². The van der Waals surface area contributed by atoms with Crippen LogP contribution >= 0.6 is 34.2 Å². The first-order valence-electron chi connectivity index (χ1n) is 9.31. The summed E-state index contributed by atoms with van der Waals surface area (Å²) < 4.78 is 13.3. The molecule has 1 saturated heterocycles. The SMILES string of the molecule is O[C@H]1[C@@H](c2ccon2)OC(n2cnc3c(NCc4cccc(I)c4)nc(Cl)nc32)[C@H]1O. The average Bonchev–Trinajstić information content (AvgIpc) is 3.47. The standard InChI is InChI=1S/C19H16ClIN6O4/c20-19-24-16(22-7-9-2-1-3-10(21)6-9)12-17(25-19)27(8-23-12)18-14(29)13(28)15(31-18)11-4-5-30-26-11/h1-6,8,13-15,18,28-29H,7H2,(H,22,24,25)/t13-,14+,15-,18?/m1/s1. The number of rotatable bonds is 5. The Morgan fingerprint density at radius 1 is 1.19 bits per heavy atom. The fourth-order valence-corrected chi connectivity index (χ4v) is 4.31. The van der Waals surface area contributed by atoms with Crippen LogP contribution in [-0.4, -0.2) is 47.1 Å². The number of fused-ring (bicyclic) bond motifs is 1. The third kappa shape index (κ3) is 3.87. The number of imidazole rings is 1. The van der Waals surface area contributed by atoms with E-state index in [2.05, 4.69) is 54.1 Å². The van der Waals surface area contributed by atoms with E-state index in [1.165, 1.54) is 17.2 Å². The summed E-state index contributed by atoms with van der Waals surface area (Å²) in [6.07, 6.45) is -1.41. The highest BCUT2D eigenvalue weighted by atomic mass is 127. The number of anilines is 1. The second-order valence-corrected chi connectivity index (χ2v) is 8.59. The number of halogens is 2. The van der Waals surface area contributed by atoms with Gasteiger partial charge in [-0.3, -0.25) is 4.57 Å². The number of aliphatic hydroxyl groups is 2. The molecule has 1 fully saturated rings. The molecule has 0 amide bonds. The Labute approximate surface area is 194 Å². The molecule has 31 heavy (non-hydrogen) atoms. The molecule has 0 bridgehead atoms. The van der Waals surface area contributed by atoms with Gasteiger partial charge in [-0.2, -0.15) is 9.97 Å². The molecule has 160 valence electrons. The number of ether oxygens (including phenoxy) is 1. The summed E-state index contributed by atoms with van der Waals surface area (Å²) in [5, 5.41) is 28.1. The molecule has 0 radical (unpaired) electrons. The molecule has 1 aliphatic heterocycles. The van der Waals surface area contributed by atoms with Crippen LogP contribution < -0.4 is 5.32 Å². The molecule has 0 saturated carbocycles. The molecule has 4 atom stereocenters. The Morgan fingerprint density at radius 2 is 2.06 bits per heavy atom. The summed E-state index contributed by atoms with van der Waals surface area (Å²) in [5.41, 5.74) is 2.28. The van der Waals surface area contributed by atoms with Crippen molar-refractivity contribution in [3.8, 4) is 0 Å². The van der Waals surface area contributed by atoms with Gasteiger partial charge in [0.25, 0.3) is 0 Å². The van der Waals surface area contributed by atoms with Gasteiger partial charge >= 0.3 is 0 Å². The highest BCUT2D eigenvalue weighted by Gasteiger charge is 2.46. The van der Waals surface area contributed by atoms with Gasteiger partial charge in [-0.1, -0.05) is 17.3 Å². The van der Waals surface area contributed by atoms with Gasteiger partial charge < -0.3 is 24.8 Å². The Morgan fingerprint density at radius 3 is 2.84 bits per heavy atom. The number of aromatic nitrogens is 5. The quantitative estimate of drug-likeness (QED) is 0.252. The summed E-state index contributed by atoms with van der Waals surface area (Å²) >= 11 is 8.42. The lowest BCUT2D eigenvalue weighted by molar-refractivity contribution is -0.0377. The highest BCUT2D eigenvalue weighted by molar-refractivity contribution is 14.1. The highest BCUT2D eigenvalue weighted by Crippen LogP contribution is 2.39. The van der Waals surface area contributed by atoms with E-state index in [9.17, 15) is 10.2 Å². The largest absolute Gasteiger partial charge is 0.387 e. The maximum absolute atomic E-state index is 10.6. The smallest absolute Gasteiger partial charge is 0.226 e. The monoisotopic (exact) mass is 554 g/mol. The fraction of sp³-hybridized carbons (Fsp3) is 0.263. The van der Waals surface area contributed by atoms with Crippen LogP contribution in [0.15, 0.2) is 47.4 Å². The van der Waals surface area contributed by atoms with Crippen molar-refractivity contribution >= 4 is 51.2 Å². The van der Waals surface area contributed by atoms with Crippen LogP contribution in [0.4, 0.5) is 5.82 Å². The number of nitrogens with one attached hydrogen (secondary N) is 1. The molecule has 3 aromatic heterocycles. The molecule has 4 aromatic rings. The van der Waals surface area contributed by atoms with Crippen molar-refractivity contribution in [3.05, 3.63) is 63.0 Å². The topological polar surface area (TPSA) is 131 Å². The van der Waals surface area contributed by atoms with E-state index >= 15 is 0 Å². The lowest BCUT2D eigenvalue weighted by atomic mass is 10.1. The van der Waals surface area contributed by atoms with Crippen LogP contribution in [0, 0.1) is 3.57 Å². The molecule has 1 unspecified atom stereocenters. The van der Waals surface area contributed by atoms with Gasteiger partial charge in [-0.25, -0.2) is 4.98 Å². The number of aliphatic hydroxyl groups excluding tert-OH is 2. The summed E-state index contributed by atoms with van der Waals surface area (Å²) in [6, 6.07) is 9.62. The van der Waals surface area contributed by atoms with Crippen LogP contribution in [0.2, 0.25) is 5.28 Å². The molecule has 5 rings (SSSR count). The number of nitrogens with zero attached hydrogens (tertiary/aromatic N) is 5. The van der Waals surface area contributed by atoms with E-state index < -0.39 is 24.5 Å². The molecular weight excluding hydrogens is 539 g/mol. The van der Waals surface area contributed by atoms with Crippen molar-refractivity contribution in [1.29, 1.82) is 0 Å². The molecule has 10 nitrogen and oxygen atoms in total. The molecule has 1 aliphatic rings. The third-order valence-electron chi connectivity index (χ3n) is 5.00. The molecule has 4 heterocycles. The van der Waals surface area contributed by atoms with Crippen molar-refractivity contribution in [2.24, 2.45) is 0 Å². The predicted octanol–water partition coefficient (Wildman–Crippen LogP) is 2.68. The number of hydrogen-bond donors (Lipinski definition) is 3. The maximum atomic E-state index is 10.6. The second kappa shape index (κ2) is 8.31. The van der Waals surface area contributed by atoms with Gasteiger partial charge in [0, 0.05) is 16.2 Å². The Bertz CT molecular complexity index is 1220. The normalized spacial score (nSPS) is 23.5. The van der Waals surface area contributed by atoms with Gasteiger partial charge in [0.1, 0.15) is 30.3 Å². The average molecular weight is 555 g/mol. The van der Waals surface area contributed by atoms with Gasteiger partial charge in [0.05, 0.1) is 6.33 Å². The van der Waals surface area contributed by atoms with Crippen LogP contribution in [0.25, 0.3) is 11.2 Å². The molecular formula is C19H16ClIN6O4. The van der Waals surface area contributed by atoms with Gasteiger partial charge in [0.2, 0.25) is 5.28 Å². The van der Waals surface area contributed by atoms with Crippen LogP contribution in [0.3, 0.4) is 0 Å². The zero-order valence-electron chi connectivity index (χ0n) is 15.8. The molecule has 0 aliphatic carbocycles. The van der Waals surface area contributed by atoms with E-state index in [0.717, 1.165) is 9.13 Å². The van der Waals surface area contributed by atoms with Crippen LogP contribution in [0.5, 0.6) is 0 Å². The predicted molar refractivity (Wildman–Crippen MR) is 118 cm³/mol. The maximum Gasteiger partial charge on any atom is 0.226 e. The van der Waals surface area contributed by atoms with E-state index in [-0.39, 0.29) is 5.28 Å². The van der Waals surface area contributed by atoms with Gasteiger partial charge in [-0.05, 0) is 51.9 Å². The van der Waals surface area contributed by atoms with Crippen LogP contribution in [-0.2, 0) is 11.3 Å². The Kier molecular flexibility index (Phi) is 5.52. The lowest BCUT2D eigenvalue weighted by Crippen LogP contribution is -2.29. The Hall–Kier alpha value is -2.32. The minimum absolute atomic E-state index is 0.0143.